The van der Waals surface area contributed by atoms with Gasteiger partial charge in [-0.2, -0.15) is 0 Å². The second-order valence-electron chi connectivity index (χ2n) is 7.49. The van der Waals surface area contributed by atoms with E-state index in [0.717, 1.165) is 11.0 Å². The number of nitro groups is 1. The fraction of sp³-hybridized carbons (Fsp3) is 0.368. The van der Waals surface area contributed by atoms with Crippen LogP contribution in [-0.2, 0) is 15.9 Å². The van der Waals surface area contributed by atoms with Crippen molar-refractivity contribution in [2.75, 3.05) is 0 Å². The lowest BCUT2D eigenvalue weighted by atomic mass is 9.78. The van der Waals surface area contributed by atoms with Gasteiger partial charge in [0.05, 0.1) is 16.1 Å². The largest absolute Gasteiger partial charge is 0.494 e. The molecule has 0 aromatic heterocycles. The zero-order valence-electron chi connectivity index (χ0n) is 15.7. The van der Waals surface area contributed by atoms with Gasteiger partial charge in [0, 0.05) is 11.1 Å². The van der Waals surface area contributed by atoms with Crippen LogP contribution in [0.2, 0.25) is 5.02 Å². The van der Waals surface area contributed by atoms with Crippen LogP contribution in [-0.4, -0.2) is 23.2 Å². The van der Waals surface area contributed by atoms with Gasteiger partial charge in [-0.25, -0.2) is 0 Å². The van der Waals surface area contributed by atoms with Crippen molar-refractivity contribution in [3.8, 4) is 5.75 Å². The number of nitrogens with zero attached hydrogens (tertiary/aromatic N) is 1. The van der Waals surface area contributed by atoms with Gasteiger partial charge in [0.15, 0.2) is 5.75 Å². The maximum Gasteiger partial charge on any atom is 0.494 e. The Kier molecular flexibility index (Phi) is 5.21. The highest BCUT2D eigenvalue weighted by molar-refractivity contribution is 6.62. The van der Waals surface area contributed by atoms with Crippen LogP contribution in [0.25, 0.3) is 0 Å². The zero-order valence-corrected chi connectivity index (χ0v) is 16.4. The standard InChI is InChI=1S/C19H21BClNO5/c1-18(2)19(3,4)27-20(26-18)14-7-5-6-13(10-14)12-25-17-9-8-15(21)11-16(17)22(23)24/h5-11H,12H2,1-4H3. The molecule has 0 spiro atoms. The van der Waals surface area contributed by atoms with Crippen LogP contribution in [0, 0.1) is 10.1 Å². The SMILES string of the molecule is CC1(C)OB(c2cccc(COc3ccc(Cl)cc3[N+](=O)[O-])c2)OC1(C)C. The first-order valence-corrected chi connectivity index (χ1v) is 8.98. The lowest BCUT2D eigenvalue weighted by Crippen LogP contribution is -2.41. The van der Waals surface area contributed by atoms with E-state index in [2.05, 4.69) is 0 Å². The van der Waals surface area contributed by atoms with Gasteiger partial charge in [-0.1, -0.05) is 35.9 Å². The summed E-state index contributed by atoms with van der Waals surface area (Å²) in [6, 6.07) is 12.0. The third-order valence-electron chi connectivity index (χ3n) is 4.99. The van der Waals surface area contributed by atoms with E-state index in [0.29, 0.717) is 0 Å². The third-order valence-corrected chi connectivity index (χ3v) is 5.22. The lowest BCUT2D eigenvalue weighted by molar-refractivity contribution is -0.385. The molecule has 0 N–H and O–H groups in total. The number of benzene rings is 2. The Bertz CT molecular complexity index is 855. The minimum atomic E-state index is -0.512. The first kappa shape index (κ1) is 19.7. The van der Waals surface area contributed by atoms with Crippen molar-refractivity contribution in [3.05, 3.63) is 63.2 Å². The Morgan fingerprint density at radius 2 is 1.78 bits per heavy atom. The van der Waals surface area contributed by atoms with Crippen LogP contribution >= 0.6 is 11.6 Å². The van der Waals surface area contributed by atoms with Crippen molar-refractivity contribution in [2.45, 2.75) is 45.5 Å². The molecule has 0 bridgehead atoms. The number of halogens is 1. The second kappa shape index (κ2) is 7.15. The summed E-state index contributed by atoms with van der Waals surface area (Å²) in [6.45, 7) is 8.17. The molecule has 6 nitrogen and oxygen atoms in total. The van der Waals surface area contributed by atoms with Crippen molar-refractivity contribution in [2.24, 2.45) is 0 Å². The Labute approximate surface area is 163 Å². The predicted molar refractivity (Wildman–Crippen MR) is 105 cm³/mol. The van der Waals surface area contributed by atoms with Crippen LogP contribution < -0.4 is 10.2 Å². The fourth-order valence-electron chi connectivity index (χ4n) is 2.72. The average Bonchev–Trinajstić information content (AvgIpc) is 2.81. The van der Waals surface area contributed by atoms with Gasteiger partial charge in [0.2, 0.25) is 0 Å². The van der Waals surface area contributed by atoms with E-state index >= 15 is 0 Å². The molecule has 0 atom stereocenters. The van der Waals surface area contributed by atoms with Crippen molar-refractivity contribution >= 4 is 29.9 Å². The lowest BCUT2D eigenvalue weighted by Gasteiger charge is -2.32. The highest BCUT2D eigenvalue weighted by Crippen LogP contribution is 2.36. The van der Waals surface area contributed by atoms with Gasteiger partial charge in [-0.05, 0) is 50.9 Å². The second-order valence-corrected chi connectivity index (χ2v) is 7.93. The molecule has 2 aromatic rings. The number of hydrogen-bond donors (Lipinski definition) is 0. The van der Waals surface area contributed by atoms with Crippen LogP contribution in [0.15, 0.2) is 42.5 Å². The number of ether oxygens (including phenoxy) is 1. The minimum Gasteiger partial charge on any atom is -0.482 e. The van der Waals surface area contributed by atoms with E-state index in [-0.39, 0.29) is 23.1 Å². The van der Waals surface area contributed by atoms with Crippen LogP contribution in [0.4, 0.5) is 5.69 Å². The summed E-state index contributed by atoms with van der Waals surface area (Å²) in [6.07, 6.45) is 0. The number of nitro benzene ring substituents is 1. The third kappa shape index (κ3) is 4.10. The normalized spacial score (nSPS) is 17.7. The Balaban J connectivity index is 1.75. The monoisotopic (exact) mass is 389 g/mol. The molecule has 1 aliphatic heterocycles. The van der Waals surface area contributed by atoms with E-state index in [4.69, 9.17) is 25.6 Å². The first-order valence-electron chi connectivity index (χ1n) is 8.60. The van der Waals surface area contributed by atoms with E-state index in [1.165, 1.54) is 12.1 Å². The smallest absolute Gasteiger partial charge is 0.482 e. The molecule has 0 radical (unpaired) electrons. The maximum atomic E-state index is 11.2. The van der Waals surface area contributed by atoms with Crippen molar-refractivity contribution < 1.29 is 19.0 Å². The molecule has 8 heteroatoms. The molecule has 1 fully saturated rings. The molecule has 0 amide bonds. The summed E-state index contributed by atoms with van der Waals surface area (Å²) in [7, 11) is -0.472. The highest BCUT2D eigenvalue weighted by atomic mass is 35.5. The van der Waals surface area contributed by atoms with Gasteiger partial charge in [-0.3, -0.25) is 10.1 Å². The molecule has 1 aliphatic rings. The molecule has 1 saturated heterocycles. The Morgan fingerprint density at radius 3 is 2.41 bits per heavy atom. The number of rotatable bonds is 5. The van der Waals surface area contributed by atoms with Crippen LogP contribution in [0.1, 0.15) is 33.3 Å². The van der Waals surface area contributed by atoms with Crippen molar-refractivity contribution in [3.63, 3.8) is 0 Å². The van der Waals surface area contributed by atoms with E-state index in [1.807, 2.05) is 52.0 Å². The van der Waals surface area contributed by atoms with Gasteiger partial charge in [0.25, 0.3) is 0 Å². The Morgan fingerprint density at radius 1 is 1.11 bits per heavy atom. The van der Waals surface area contributed by atoms with Crippen LogP contribution in [0.5, 0.6) is 5.75 Å². The molecule has 0 aliphatic carbocycles. The summed E-state index contributed by atoms with van der Waals surface area (Å²) in [4.78, 5) is 10.7. The molecule has 27 heavy (non-hydrogen) atoms. The summed E-state index contributed by atoms with van der Waals surface area (Å²) < 4.78 is 17.8. The maximum absolute atomic E-state index is 11.2. The summed E-state index contributed by atoms with van der Waals surface area (Å²) in [5, 5.41) is 11.5. The fourth-order valence-corrected chi connectivity index (χ4v) is 2.89. The molecule has 0 unspecified atom stereocenters. The van der Waals surface area contributed by atoms with Crippen LogP contribution in [0.3, 0.4) is 0 Å². The minimum absolute atomic E-state index is 0.162. The van der Waals surface area contributed by atoms with Gasteiger partial charge < -0.3 is 14.0 Å². The van der Waals surface area contributed by atoms with E-state index < -0.39 is 23.2 Å². The molecule has 1 heterocycles. The molecule has 0 saturated carbocycles. The Hall–Kier alpha value is -2.09. The number of hydrogen-bond acceptors (Lipinski definition) is 5. The van der Waals surface area contributed by atoms with Crippen molar-refractivity contribution in [1.29, 1.82) is 0 Å². The zero-order chi connectivity index (χ0) is 19.8. The van der Waals surface area contributed by atoms with Crippen molar-refractivity contribution in [1.82, 2.24) is 0 Å². The summed E-state index contributed by atoms with van der Waals surface area (Å²) in [5.41, 5.74) is 0.721. The van der Waals surface area contributed by atoms with Gasteiger partial charge >= 0.3 is 12.8 Å². The topological polar surface area (TPSA) is 70.8 Å². The molecule has 2 aromatic carbocycles. The predicted octanol–water partition coefficient (Wildman–Crippen LogP) is 4.13. The molecular weight excluding hydrogens is 368 g/mol. The van der Waals surface area contributed by atoms with Gasteiger partial charge in [0.1, 0.15) is 6.61 Å². The van der Waals surface area contributed by atoms with E-state index in [1.54, 1.807) is 6.07 Å². The molecule has 3 rings (SSSR count). The summed E-state index contributed by atoms with van der Waals surface area (Å²) >= 11 is 5.83. The molecule has 142 valence electrons. The van der Waals surface area contributed by atoms with E-state index in [9.17, 15) is 10.1 Å². The first-order chi connectivity index (χ1) is 12.6. The average molecular weight is 390 g/mol. The quantitative estimate of drug-likeness (QED) is 0.437. The summed E-state index contributed by atoms with van der Waals surface area (Å²) in [5.74, 6) is 0.172. The van der Waals surface area contributed by atoms with Gasteiger partial charge in [-0.15, -0.1) is 0 Å². The highest BCUT2D eigenvalue weighted by Gasteiger charge is 2.51. The molecular formula is C19H21BClNO5.